The van der Waals surface area contributed by atoms with Gasteiger partial charge in [-0.25, -0.2) is 4.79 Å². The second-order valence-corrected chi connectivity index (χ2v) is 7.31. The Balaban J connectivity index is 1.53. The van der Waals surface area contributed by atoms with Gasteiger partial charge in [0.2, 0.25) is 0 Å². The number of rotatable bonds is 5. The second kappa shape index (κ2) is 7.96. The number of hydrogen-bond acceptors (Lipinski definition) is 5. The van der Waals surface area contributed by atoms with Crippen molar-refractivity contribution in [3.05, 3.63) is 29.8 Å². The number of ether oxygens (including phenoxy) is 1. The van der Waals surface area contributed by atoms with Crippen molar-refractivity contribution in [2.75, 3.05) is 11.9 Å². The summed E-state index contributed by atoms with van der Waals surface area (Å²) in [6.45, 7) is 0.631. The lowest BCUT2D eigenvalue weighted by molar-refractivity contribution is -0.155. The number of carbonyl (C=O) groups excluding carboxylic acids is 4. The van der Waals surface area contributed by atoms with Gasteiger partial charge in [-0.2, -0.15) is 13.2 Å². The Hall–Kier alpha value is -3.11. The number of carbonyl (C=O) groups is 4. The number of anilines is 1. The van der Waals surface area contributed by atoms with Gasteiger partial charge in [-0.15, -0.1) is 0 Å². The summed E-state index contributed by atoms with van der Waals surface area (Å²) in [6, 6.07) is 3.08. The average Bonchev–Trinajstić information content (AvgIpc) is 3.22. The zero-order chi connectivity index (χ0) is 22.1. The van der Waals surface area contributed by atoms with E-state index in [4.69, 9.17) is 4.74 Å². The Morgan fingerprint density at radius 3 is 2.37 bits per heavy atom. The molecule has 1 aliphatic carbocycles. The predicted molar refractivity (Wildman–Crippen MR) is 97.1 cm³/mol. The van der Waals surface area contributed by atoms with Crippen LogP contribution < -0.4 is 10.6 Å². The molecule has 0 unspecified atom stereocenters. The molecule has 2 aliphatic rings. The smallest absolute Gasteiger partial charge is 0.416 e. The van der Waals surface area contributed by atoms with Crippen LogP contribution >= 0.6 is 0 Å². The third-order valence-electron chi connectivity index (χ3n) is 5.15. The van der Waals surface area contributed by atoms with E-state index in [1.54, 1.807) is 0 Å². The second-order valence-electron chi connectivity index (χ2n) is 7.31. The highest BCUT2D eigenvalue weighted by atomic mass is 19.4. The van der Waals surface area contributed by atoms with E-state index in [-0.39, 0.29) is 5.69 Å². The quantitative estimate of drug-likeness (QED) is 0.555. The fourth-order valence-electron chi connectivity index (χ4n) is 3.54. The van der Waals surface area contributed by atoms with Crippen LogP contribution in [0.25, 0.3) is 0 Å². The third kappa shape index (κ3) is 4.39. The lowest BCUT2D eigenvalue weighted by Crippen LogP contribution is -2.44. The summed E-state index contributed by atoms with van der Waals surface area (Å²) in [4.78, 5) is 49.6. The minimum absolute atomic E-state index is 0.0909. The SMILES string of the molecule is C[C@H](OC(=O)CN1C(=O)NC2(CCCC2)C1=O)C(=O)Nc1ccc(C(F)(F)F)cc1. The summed E-state index contributed by atoms with van der Waals surface area (Å²) < 4.78 is 42.7. The molecule has 30 heavy (non-hydrogen) atoms. The fourth-order valence-corrected chi connectivity index (χ4v) is 3.54. The zero-order valence-corrected chi connectivity index (χ0v) is 16.0. The Labute approximate surface area is 169 Å². The molecular formula is C19H20F3N3O5. The molecule has 2 fully saturated rings. The van der Waals surface area contributed by atoms with E-state index in [1.807, 2.05) is 0 Å². The van der Waals surface area contributed by atoms with Gasteiger partial charge in [-0.1, -0.05) is 12.8 Å². The van der Waals surface area contributed by atoms with E-state index in [0.717, 1.165) is 42.0 Å². The number of nitrogens with one attached hydrogen (secondary N) is 2. The largest absolute Gasteiger partial charge is 0.451 e. The van der Waals surface area contributed by atoms with Crippen LogP contribution in [0.2, 0.25) is 0 Å². The van der Waals surface area contributed by atoms with Crippen molar-refractivity contribution >= 4 is 29.5 Å². The molecule has 1 saturated carbocycles. The summed E-state index contributed by atoms with van der Waals surface area (Å²) >= 11 is 0. The number of imide groups is 1. The van der Waals surface area contributed by atoms with Crippen molar-refractivity contribution in [3.8, 4) is 0 Å². The van der Waals surface area contributed by atoms with Crippen molar-refractivity contribution in [1.82, 2.24) is 10.2 Å². The molecular weight excluding hydrogens is 407 g/mol. The molecule has 1 aliphatic heterocycles. The van der Waals surface area contributed by atoms with Gasteiger partial charge in [-0.3, -0.25) is 19.3 Å². The number of alkyl halides is 3. The van der Waals surface area contributed by atoms with Crippen LogP contribution in [0, 0.1) is 0 Å². The molecule has 3 rings (SSSR count). The molecule has 162 valence electrons. The molecule has 1 atom stereocenters. The van der Waals surface area contributed by atoms with Gasteiger partial charge in [0.25, 0.3) is 11.8 Å². The predicted octanol–water partition coefficient (Wildman–Crippen LogP) is 2.44. The molecule has 1 aromatic rings. The number of nitrogens with zero attached hydrogens (tertiary/aromatic N) is 1. The first kappa shape index (κ1) is 21.6. The van der Waals surface area contributed by atoms with Crippen LogP contribution in [0.3, 0.4) is 0 Å². The van der Waals surface area contributed by atoms with Crippen LogP contribution in [0.1, 0.15) is 38.2 Å². The van der Waals surface area contributed by atoms with Crippen LogP contribution in [-0.2, 0) is 25.3 Å². The van der Waals surface area contributed by atoms with Gasteiger partial charge in [0, 0.05) is 5.69 Å². The van der Waals surface area contributed by atoms with Gasteiger partial charge in [0.15, 0.2) is 6.10 Å². The molecule has 2 N–H and O–H groups in total. The monoisotopic (exact) mass is 427 g/mol. The highest BCUT2D eigenvalue weighted by molar-refractivity contribution is 6.09. The molecule has 4 amide bonds. The molecule has 0 radical (unpaired) electrons. The zero-order valence-electron chi connectivity index (χ0n) is 16.0. The molecule has 1 spiro atoms. The number of amides is 4. The summed E-state index contributed by atoms with van der Waals surface area (Å²) in [6.07, 6.45) is -3.18. The van der Waals surface area contributed by atoms with E-state index in [2.05, 4.69) is 10.6 Å². The first-order valence-corrected chi connectivity index (χ1v) is 9.33. The molecule has 1 aromatic carbocycles. The van der Waals surface area contributed by atoms with Gasteiger partial charge in [0.1, 0.15) is 12.1 Å². The lowest BCUT2D eigenvalue weighted by Gasteiger charge is -2.20. The summed E-state index contributed by atoms with van der Waals surface area (Å²) in [5, 5.41) is 4.96. The van der Waals surface area contributed by atoms with Gasteiger partial charge in [0.05, 0.1) is 5.56 Å². The number of esters is 1. The van der Waals surface area contributed by atoms with E-state index >= 15 is 0 Å². The van der Waals surface area contributed by atoms with Crippen molar-refractivity contribution in [3.63, 3.8) is 0 Å². The van der Waals surface area contributed by atoms with E-state index in [9.17, 15) is 32.3 Å². The Bertz CT molecular complexity index is 863. The average molecular weight is 427 g/mol. The van der Waals surface area contributed by atoms with E-state index in [1.165, 1.54) is 6.92 Å². The number of benzene rings is 1. The van der Waals surface area contributed by atoms with E-state index in [0.29, 0.717) is 12.8 Å². The minimum Gasteiger partial charge on any atom is -0.451 e. The first-order valence-electron chi connectivity index (χ1n) is 9.33. The molecule has 8 nitrogen and oxygen atoms in total. The summed E-state index contributed by atoms with van der Waals surface area (Å²) in [5.74, 6) is -2.21. The Kier molecular flexibility index (Phi) is 5.73. The van der Waals surface area contributed by atoms with Crippen LogP contribution in [-0.4, -0.2) is 46.9 Å². The molecule has 1 saturated heterocycles. The normalized spacial score (nSPS) is 19.0. The summed E-state index contributed by atoms with van der Waals surface area (Å²) in [5.41, 5.74) is -1.73. The maximum Gasteiger partial charge on any atom is 0.416 e. The topological polar surface area (TPSA) is 105 Å². The highest BCUT2D eigenvalue weighted by Gasteiger charge is 2.52. The molecule has 11 heteroatoms. The summed E-state index contributed by atoms with van der Waals surface area (Å²) in [7, 11) is 0. The van der Waals surface area contributed by atoms with E-state index < -0.39 is 53.7 Å². The molecule has 0 aromatic heterocycles. The molecule has 0 bridgehead atoms. The van der Waals surface area contributed by atoms with Gasteiger partial charge in [-0.05, 0) is 44.0 Å². The number of halogens is 3. The van der Waals surface area contributed by atoms with Gasteiger partial charge >= 0.3 is 18.2 Å². The maximum atomic E-state index is 12.6. The lowest BCUT2D eigenvalue weighted by atomic mass is 9.98. The Morgan fingerprint density at radius 1 is 1.20 bits per heavy atom. The van der Waals surface area contributed by atoms with Gasteiger partial charge < -0.3 is 15.4 Å². The van der Waals surface area contributed by atoms with Crippen LogP contribution in [0.15, 0.2) is 24.3 Å². The number of urea groups is 1. The Morgan fingerprint density at radius 2 is 1.80 bits per heavy atom. The van der Waals surface area contributed by atoms with Crippen molar-refractivity contribution < 1.29 is 37.1 Å². The van der Waals surface area contributed by atoms with Crippen LogP contribution in [0.5, 0.6) is 0 Å². The molecule has 1 heterocycles. The third-order valence-corrected chi connectivity index (χ3v) is 5.15. The first-order chi connectivity index (χ1) is 14.0. The van der Waals surface area contributed by atoms with Crippen molar-refractivity contribution in [2.45, 2.75) is 50.4 Å². The van der Waals surface area contributed by atoms with Crippen molar-refractivity contribution in [2.24, 2.45) is 0 Å². The van der Waals surface area contributed by atoms with Crippen LogP contribution in [0.4, 0.5) is 23.7 Å². The standard InChI is InChI=1S/C19H20F3N3O5/c1-11(15(27)23-13-6-4-12(5-7-13)19(20,21)22)30-14(26)10-25-16(28)18(24-17(25)29)8-2-3-9-18/h4-7,11H,2-3,8-10H2,1H3,(H,23,27)(H,24,29)/t11-/m0/s1. The number of hydrogen-bond donors (Lipinski definition) is 2. The maximum absolute atomic E-state index is 12.6. The minimum atomic E-state index is -4.50. The van der Waals surface area contributed by atoms with Crippen molar-refractivity contribution in [1.29, 1.82) is 0 Å². The fraction of sp³-hybridized carbons (Fsp3) is 0.474. The highest BCUT2D eigenvalue weighted by Crippen LogP contribution is 2.35.